The Morgan fingerprint density at radius 3 is 1.27 bits per heavy atom. The highest BCUT2D eigenvalue weighted by Crippen LogP contribution is 2.46. The first kappa shape index (κ1) is 21.1. The molecule has 0 spiro atoms. The largest absolute Gasteiger partial charge is 0.307 e. The second-order valence-corrected chi connectivity index (χ2v) is 9.21. The maximum absolute atomic E-state index is 13.6. The van der Waals surface area contributed by atoms with Crippen molar-refractivity contribution in [3.8, 4) is 0 Å². The minimum absolute atomic E-state index is 0.0883. The average Bonchev–Trinajstić information content (AvgIpc) is 3.17. The summed E-state index contributed by atoms with van der Waals surface area (Å²) in [6.07, 6.45) is 1.62. The van der Waals surface area contributed by atoms with Gasteiger partial charge in [-0.05, 0) is 48.2 Å². The molecule has 2 amide bonds. The first-order valence-corrected chi connectivity index (χ1v) is 11.7. The highest BCUT2D eigenvalue weighted by molar-refractivity contribution is 9.10. The third-order valence-corrected chi connectivity index (χ3v) is 6.37. The van der Waals surface area contributed by atoms with Gasteiger partial charge in [0.2, 0.25) is 0 Å². The zero-order valence-electron chi connectivity index (χ0n) is 16.9. The monoisotopic (exact) mass is 528 g/mol. The number of nitrogens with zero attached hydrogens (tertiary/aromatic N) is 2. The molecule has 0 radical (unpaired) electrons. The van der Waals surface area contributed by atoms with Crippen LogP contribution in [0.5, 0.6) is 0 Å². The third kappa shape index (κ3) is 3.46. The molecule has 0 aliphatic carbocycles. The summed E-state index contributed by atoms with van der Waals surface area (Å²) in [6, 6.07) is 15.6. The van der Waals surface area contributed by atoms with Gasteiger partial charge >= 0.3 is 0 Å². The van der Waals surface area contributed by atoms with Crippen molar-refractivity contribution in [1.82, 2.24) is 9.80 Å². The molecule has 2 aliphatic heterocycles. The standard InChI is InChI=1S/C24H22Br2N2O2/c1-3-13-27-21(15-5-9-17(25)10-6-15)19-20(23(27)29)22(28(14-4-2)24(19)30)16-7-11-18(26)12-8-16/h5-12H,3-4,13-14H2,1-2H3. The van der Waals surface area contributed by atoms with Gasteiger partial charge in [0, 0.05) is 22.0 Å². The van der Waals surface area contributed by atoms with E-state index in [1.54, 1.807) is 9.80 Å². The molecule has 0 atom stereocenters. The lowest BCUT2D eigenvalue weighted by Gasteiger charge is -2.25. The summed E-state index contributed by atoms with van der Waals surface area (Å²) in [6.45, 7) is 5.23. The number of hydrogen-bond donors (Lipinski definition) is 0. The van der Waals surface area contributed by atoms with Gasteiger partial charge in [-0.1, -0.05) is 70.0 Å². The van der Waals surface area contributed by atoms with Crippen molar-refractivity contribution in [3.63, 3.8) is 0 Å². The third-order valence-electron chi connectivity index (χ3n) is 5.31. The molecule has 4 nitrogen and oxygen atoms in total. The molecule has 2 aromatic carbocycles. The molecular formula is C24H22Br2N2O2. The second-order valence-electron chi connectivity index (χ2n) is 7.37. The van der Waals surface area contributed by atoms with E-state index in [0.717, 1.165) is 44.3 Å². The van der Waals surface area contributed by atoms with Gasteiger partial charge in [-0.3, -0.25) is 9.59 Å². The number of amides is 2. The lowest BCUT2D eigenvalue weighted by atomic mass is 10.0. The maximum atomic E-state index is 13.6. The number of benzene rings is 2. The molecule has 0 fully saturated rings. The summed E-state index contributed by atoms with van der Waals surface area (Å²) < 4.78 is 1.92. The number of fused-ring (bicyclic) bond motifs is 1. The summed E-state index contributed by atoms with van der Waals surface area (Å²) in [4.78, 5) is 30.7. The maximum Gasteiger partial charge on any atom is 0.261 e. The molecule has 30 heavy (non-hydrogen) atoms. The van der Waals surface area contributed by atoms with Crippen LogP contribution in [0.1, 0.15) is 37.8 Å². The van der Waals surface area contributed by atoms with Crippen molar-refractivity contribution >= 4 is 55.1 Å². The topological polar surface area (TPSA) is 40.6 Å². The van der Waals surface area contributed by atoms with E-state index in [2.05, 4.69) is 31.9 Å². The summed E-state index contributed by atoms with van der Waals surface area (Å²) >= 11 is 6.94. The zero-order chi connectivity index (χ0) is 21.4. The molecule has 4 rings (SSSR count). The smallest absolute Gasteiger partial charge is 0.261 e. The van der Waals surface area contributed by atoms with Gasteiger partial charge in [-0.2, -0.15) is 0 Å². The Hall–Kier alpha value is -2.18. The number of hydrogen-bond acceptors (Lipinski definition) is 2. The molecule has 0 saturated carbocycles. The molecule has 0 saturated heterocycles. The van der Waals surface area contributed by atoms with Gasteiger partial charge in [0.15, 0.2) is 0 Å². The van der Waals surface area contributed by atoms with E-state index in [9.17, 15) is 9.59 Å². The van der Waals surface area contributed by atoms with Crippen LogP contribution < -0.4 is 0 Å². The molecule has 6 heteroatoms. The van der Waals surface area contributed by atoms with Crippen LogP contribution in [0.25, 0.3) is 11.4 Å². The van der Waals surface area contributed by atoms with Crippen LogP contribution in [0.4, 0.5) is 0 Å². The van der Waals surface area contributed by atoms with Crippen LogP contribution >= 0.6 is 31.9 Å². The highest BCUT2D eigenvalue weighted by atomic mass is 79.9. The lowest BCUT2D eigenvalue weighted by molar-refractivity contribution is -0.124. The van der Waals surface area contributed by atoms with Gasteiger partial charge in [0.05, 0.1) is 22.5 Å². The van der Waals surface area contributed by atoms with Crippen molar-refractivity contribution in [3.05, 3.63) is 79.7 Å². The number of rotatable bonds is 6. The summed E-state index contributed by atoms with van der Waals surface area (Å²) in [7, 11) is 0. The van der Waals surface area contributed by atoms with Crippen LogP contribution in [0.15, 0.2) is 68.6 Å². The fraction of sp³-hybridized carbons (Fsp3) is 0.250. The lowest BCUT2D eigenvalue weighted by Crippen LogP contribution is -2.30. The van der Waals surface area contributed by atoms with Crippen LogP contribution in [0, 0.1) is 0 Å². The second kappa shape index (κ2) is 8.52. The Bertz CT molecular complexity index is 982. The van der Waals surface area contributed by atoms with Gasteiger partial charge in [0.1, 0.15) is 0 Å². The number of carbonyl (C=O) groups is 2. The minimum atomic E-state index is -0.0883. The first-order valence-electron chi connectivity index (χ1n) is 10.1. The summed E-state index contributed by atoms with van der Waals surface area (Å²) in [5.41, 5.74) is 4.27. The van der Waals surface area contributed by atoms with Crippen molar-refractivity contribution in [2.75, 3.05) is 13.1 Å². The van der Waals surface area contributed by atoms with Crippen LogP contribution in [0.2, 0.25) is 0 Å². The van der Waals surface area contributed by atoms with Crippen LogP contribution in [-0.2, 0) is 9.59 Å². The number of carbonyl (C=O) groups excluding carboxylic acids is 2. The van der Waals surface area contributed by atoms with E-state index in [4.69, 9.17) is 0 Å². The SMILES string of the molecule is CCCN1C(=O)C2=C(c3ccc(Br)cc3)N(CCC)C(=O)C2=C1c1ccc(Br)cc1. The summed E-state index contributed by atoms with van der Waals surface area (Å²) in [5, 5.41) is 0. The first-order chi connectivity index (χ1) is 14.5. The molecule has 0 aromatic heterocycles. The molecule has 2 heterocycles. The average molecular weight is 530 g/mol. The van der Waals surface area contributed by atoms with Gasteiger partial charge in [0.25, 0.3) is 11.8 Å². The Labute approximate surface area is 193 Å². The minimum Gasteiger partial charge on any atom is -0.307 e. The van der Waals surface area contributed by atoms with Crippen LogP contribution in [0.3, 0.4) is 0 Å². The van der Waals surface area contributed by atoms with E-state index in [-0.39, 0.29) is 11.8 Å². The quantitative estimate of drug-likeness (QED) is 0.471. The normalized spacial score (nSPS) is 16.3. The fourth-order valence-corrected chi connectivity index (χ4v) is 4.61. The van der Waals surface area contributed by atoms with Crippen molar-refractivity contribution in [2.45, 2.75) is 26.7 Å². The van der Waals surface area contributed by atoms with Crippen molar-refractivity contribution in [2.24, 2.45) is 0 Å². The molecule has 2 aromatic rings. The fourth-order valence-electron chi connectivity index (χ4n) is 4.09. The predicted octanol–water partition coefficient (Wildman–Crippen LogP) is 5.84. The van der Waals surface area contributed by atoms with Gasteiger partial charge in [-0.15, -0.1) is 0 Å². The zero-order valence-corrected chi connectivity index (χ0v) is 20.1. The van der Waals surface area contributed by atoms with E-state index >= 15 is 0 Å². The van der Waals surface area contributed by atoms with Crippen LogP contribution in [-0.4, -0.2) is 34.7 Å². The van der Waals surface area contributed by atoms with E-state index < -0.39 is 0 Å². The van der Waals surface area contributed by atoms with Gasteiger partial charge < -0.3 is 9.80 Å². The number of halogens is 2. The Kier molecular flexibility index (Phi) is 5.98. The van der Waals surface area contributed by atoms with E-state index in [1.807, 2.05) is 62.4 Å². The predicted molar refractivity (Wildman–Crippen MR) is 126 cm³/mol. The van der Waals surface area contributed by atoms with E-state index in [0.29, 0.717) is 24.2 Å². The molecular weight excluding hydrogens is 508 g/mol. The molecule has 154 valence electrons. The highest BCUT2D eigenvalue weighted by Gasteiger charge is 2.48. The van der Waals surface area contributed by atoms with Crippen molar-refractivity contribution in [1.29, 1.82) is 0 Å². The van der Waals surface area contributed by atoms with E-state index in [1.165, 1.54) is 0 Å². The summed E-state index contributed by atoms with van der Waals surface area (Å²) in [5.74, 6) is -0.177. The van der Waals surface area contributed by atoms with Gasteiger partial charge in [-0.25, -0.2) is 0 Å². The Morgan fingerprint density at radius 2 is 0.967 bits per heavy atom. The molecule has 0 unspecified atom stereocenters. The Balaban J connectivity index is 1.99. The molecule has 2 aliphatic rings. The molecule has 0 bridgehead atoms. The van der Waals surface area contributed by atoms with Crippen molar-refractivity contribution < 1.29 is 9.59 Å². The molecule has 0 N–H and O–H groups in total. The Morgan fingerprint density at radius 1 is 0.633 bits per heavy atom.